The number of nitrogens with zero attached hydrogens (tertiary/aromatic N) is 2. The van der Waals surface area contributed by atoms with Crippen LogP contribution in [0.25, 0.3) is 0 Å². The van der Waals surface area contributed by atoms with Gasteiger partial charge < -0.3 is 10.1 Å². The van der Waals surface area contributed by atoms with Crippen LogP contribution >= 0.6 is 0 Å². The predicted molar refractivity (Wildman–Crippen MR) is 65.8 cm³/mol. The first kappa shape index (κ1) is 12.7. The highest BCUT2D eigenvalue weighted by molar-refractivity contribution is 5.36. The fraction of sp³-hybridized carbons (Fsp3) is 0.667. The van der Waals surface area contributed by atoms with Gasteiger partial charge in [-0.2, -0.15) is 0 Å². The molecule has 1 heterocycles. The van der Waals surface area contributed by atoms with Gasteiger partial charge in [0.1, 0.15) is 12.1 Å². The highest BCUT2D eigenvalue weighted by atomic mass is 16.5. The van der Waals surface area contributed by atoms with Crippen molar-refractivity contribution in [1.82, 2.24) is 9.97 Å². The van der Waals surface area contributed by atoms with E-state index in [2.05, 4.69) is 29.1 Å². The van der Waals surface area contributed by atoms with E-state index in [-0.39, 0.29) is 0 Å². The van der Waals surface area contributed by atoms with Crippen molar-refractivity contribution in [2.45, 2.75) is 33.6 Å². The Hall–Kier alpha value is -1.32. The van der Waals surface area contributed by atoms with Gasteiger partial charge in [-0.1, -0.05) is 20.3 Å². The van der Waals surface area contributed by atoms with Crippen molar-refractivity contribution in [3.63, 3.8) is 0 Å². The zero-order valence-electron chi connectivity index (χ0n) is 10.4. The van der Waals surface area contributed by atoms with Crippen LogP contribution in [0.3, 0.4) is 0 Å². The molecule has 1 N–H and O–H groups in total. The third-order valence-corrected chi connectivity index (χ3v) is 2.30. The summed E-state index contributed by atoms with van der Waals surface area (Å²) in [6.45, 7) is 7.98. The lowest BCUT2D eigenvalue weighted by Crippen LogP contribution is -2.09. The van der Waals surface area contributed by atoms with E-state index in [1.165, 1.54) is 19.2 Å². The molecule has 1 atom stereocenters. The van der Waals surface area contributed by atoms with Crippen LogP contribution in [0.1, 0.15) is 33.6 Å². The molecule has 0 aliphatic carbocycles. The van der Waals surface area contributed by atoms with Gasteiger partial charge in [0, 0.05) is 12.6 Å². The van der Waals surface area contributed by atoms with E-state index in [1.807, 2.05) is 13.0 Å². The van der Waals surface area contributed by atoms with Gasteiger partial charge in [-0.3, -0.25) is 0 Å². The van der Waals surface area contributed by atoms with Crippen LogP contribution in [0.4, 0.5) is 5.82 Å². The van der Waals surface area contributed by atoms with E-state index in [1.54, 1.807) is 0 Å². The Morgan fingerprint density at radius 1 is 1.38 bits per heavy atom. The topological polar surface area (TPSA) is 47.0 Å². The second-order valence-corrected chi connectivity index (χ2v) is 3.98. The Kier molecular flexibility index (Phi) is 5.61. The SMILES string of the molecule is CCCC(C)COc1cc(NCC)ncn1. The number of hydrogen-bond donors (Lipinski definition) is 1. The maximum absolute atomic E-state index is 5.62. The summed E-state index contributed by atoms with van der Waals surface area (Å²) in [5.74, 6) is 2.03. The van der Waals surface area contributed by atoms with E-state index in [0.717, 1.165) is 19.0 Å². The lowest BCUT2D eigenvalue weighted by molar-refractivity contribution is 0.243. The molecular weight excluding hydrogens is 202 g/mol. The highest BCUT2D eigenvalue weighted by Crippen LogP contribution is 2.13. The fourth-order valence-electron chi connectivity index (χ4n) is 1.50. The van der Waals surface area contributed by atoms with Gasteiger partial charge in [0.2, 0.25) is 5.88 Å². The van der Waals surface area contributed by atoms with Gasteiger partial charge in [0.05, 0.1) is 6.61 Å². The quantitative estimate of drug-likeness (QED) is 0.772. The van der Waals surface area contributed by atoms with E-state index in [9.17, 15) is 0 Å². The second-order valence-electron chi connectivity index (χ2n) is 3.98. The smallest absolute Gasteiger partial charge is 0.218 e. The van der Waals surface area contributed by atoms with Gasteiger partial charge in [0.15, 0.2) is 0 Å². The van der Waals surface area contributed by atoms with Crippen molar-refractivity contribution < 1.29 is 4.74 Å². The number of rotatable bonds is 7. The summed E-state index contributed by atoms with van der Waals surface area (Å²) in [6, 6.07) is 1.84. The number of nitrogens with one attached hydrogen (secondary N) is 1. The molecule has 0 fully saturated rings. The summed E-state index contributed by atoms with van der Waals surface area (Å²) in [6.07, 6.45) is 3.90. The minimum absolute atomic E-state index is 0.572. The molecule has 0 aliphatic heterocycles. The van der Waals surface area contributed by atoms with Crippen LogP contribution in [0.5, 0.6) is 5.88 Å². The van der Waals surface area contributed by atoms with Gasteiger partial charge >= 0.3 is 0 Å². The summed E-state index contributed by atoms with van der Waals surface area (Å²) >= 11 is 0. The summed E-state index contributed by atoms with van der Waals surface area (Å²) < 4.78 is 5.62. The normalized spacial score (nSPS) is 12.2. The molecule has 16 heavy (non-hydrogen) atoms. The number of hydrogen-bond acceptors (Lipinski definition) is 4. The molecule has 0 bridgehead atoms. The molecule has 0 radical (unpaired) electrons. The van der Waals surface area contributed by atoms with Crippen molar-refractivity contribution >= 4 is 5.82 Å². The molecule has 4 heteroatoms. The standard InChI is InChI=1S/C12H21N3O/c1-4-6-10(3)8-16-12-7-11(13-5-2)14-9-15-12/h7,9-10H,4-6,8H2,1-3H3,(H,13,14,15). The molecule has 0 aromatic carbocycles. The van der Waals surface area contributed by atoms with Crippen molar-refractivity contribution in [2.24, 2.45) is 5.92 Å². The molecule has 0 aliphatic rings. The molecule has 1 rings (SSSR count). The number of anilines is 1. The summed E-state index contributed by atoms with van der Waals surface area (Å²) in [5.41, 5.74) is 0. The van der Waals surface area contributed by atoms with Gasteiger partial charge in [-0.25, -0.2) is 9.97 Å². The van der Waals surface area contributed by atoms with Crippen molar-refractivity contribution in [2.75, 3.05) is 18.5 Å². The number of aromatic nitrogens is 2. The molecule has 1 aromatic heterocycles. The first-order valence-electron chi connectivity index (χ1n) is 5.95. The first-order chi connectivity index (χ1) is 7.76. The number of ether oxygens (including phenoxy) is 1. The average molecular weight is 223 g/mol. The molecular formula is C12H21N3O. The van der Waals surface area contributed by atoms with Crippen LogP contribution in [-0.2, 0) is 0 Å². The maximum atomic E-state index is 5.62. The van der Waals surface area contributed by atoms with E-state index >= 15 is 0 Å². The monoisotopic (exact) mass is 223 g/mol. The lowest BCUT2D eigenvalue weighted by atomic mass is 10.1. The Morgan fingerprint density at radius 2 is 2.19 bits per heavy atom. The van der Waals surface area contributed by atoms with Crippen molar-refractivity contribution in [3.8, 4) is 5.88 Å². The van der Waals surface area contributed by atoms with Gasteiger partial charge in [-0.05, 0) is 19.3 Å². The molecule has 4 nitrogen and oxygen atoms in total. The Labute approximate surface area is 97.5 Å². The van der Waals surface area contributed by atoms with Crippen LogP contribution in [0.15, 0.2) is 12.4 Å². The minimum Gasteiger partial charge on any atom is -0.477 e. The van der Waals surface area contributed by atoms with Crippen molar-refractivity contribution in [3.05, 3.63) is 12.4 Å². The third kappa shape index (κ3) is 4.47. The van der Waals surface area contributed by atoms with Gasteiger partial charge in [-0.15, -0.1) is 0 Å². The summed E-state index contributed by atoms with van der Waals surface area (Å²) in [7, 11) is 0. The Morgan fingerprint density at radius 3 is 2.88 bits per heavy atom. The summed E-state index contributed by atoms with van der Waals surface area (Å²) in [4.78, 5) is 8.17. The molecule has 0 spiro atoms. The lowest BCUT2D eigenvalue weighted by Gasteiger charge is -2.11. The fourth-order valence-corrected chi connectivity index (χ4v) is 1.50. The molecule has 0 saturated carbocycles. The largest absolute Gasteiger partial charge is 0.477 e. The van der Waals surface area contributed by atoms with Crippen LogP contribution in [-0.4, -0.2) is 23.1 Å². The van der Waals surface area contributed by atoms with E-state index < -0.39 is 0 Å². The third-order valence-electron chi connectivity index (χ3n) is 2.30. The molecule has 1 aromatic rings. The van der Waals surface area contributed by atoms with E-state index in [0.29, 0.717) is 11.8 Å². The zero-order chi connectivity index (χ0) is 11.8. The van der Waals surface area contributed by atoms with Crippen LogP contribution < -0.4 is 10.1 Å². The maximum Gasteiger partial charge on any atom is 0.218 e. The molecule has 90 valence electrons. The van der Waals surface area contributed by atoms with Crippen molar-refractivity contribution in [1.29, 1.82) is 0 Å². The minimum atomic E-state index is 0.572. The molecule has 1 unspecified atom stereocenters. The molecule has 0 amide bonds. The van der Waals surface area contributed by atoms with Crippen LogP contribution in [0, 0.1) is 5.92 Å². The summed E-state index contributed by atoms with van der Waals surface area (Å²) in [5, 5.41) is 3.13. The van der Waals surface area contributed by atoms with Crippen LogP contribution in [0.2, 0.25) is 0 Å². The highest BCUT2D eigenvalue weighted by Gasteiger charge is 2.03. The zero-order valence-corrected chi connectivity index (χ0v) is 10.4. The van der Waals surface area contributed by atoms with Gasteiger partial charge in [0.25, 0.3) is 0 Å². The Balaban J connectivity index is 2.44. The first-order valence-corrected chi connectivity index (χ1v) is 5.95. The average Bonchev–Trinajstić information content (AvgIpc) is 2.28. The Bertz CT molecular complexity index is 304. The molecule has 0 saturated heterocycles. The van der Waals surface area contributed by atoms with E-state index in [4.69, 9.17) is 4.74 Å². The predicted octanol–water partition coefficient (Wildman–Crippen LogP) is 2.72. The second kappa shape index (κ2) is 7.04.